The van der Waals surface area contributed by atoms with E-state index in [1.807, 2.05) is 39.0 Å². The lowest BCUT2D eigenvalue weighted by atomic mass is 10.1. The fourth-order valence-corrected chi connectivity index (χ4v) is 2.58. The summed E-state index contributed by atoms with van der Waals surface area (Å²) < 4.78 is 0. The first kappa shape index (κ1) is 17.7. The number of rotatable bonds is 7. The smallest absolute Gasteiger partial charge is 0.233 e. The molecule has 116 valence electrons. The van der Waals surface area contributed by atoms with Crippen molar-refractivity contribution in [2.45, 2.75) is 44.9 Å². The van der Waals surface area contributed by atoms with Crippen LogP contribution in [0, 0.1) is 13.8 Å². The minimum absolute atomic E-state index is 0.0591. The van der Waals surface area contributed by atoms with E-state index in [9.17, 15) is 9.59 Å². The summed E-state index contributed by atoms with van der Waals surface area (Å²) in [7, 11) is 0. The summed E-state index contributed by atoms with van der Waals surface area (Å²) in [6.45, 7) is 6.35. The molecule has 21 heavy (non-hydrogen) atoms. The molecule has 1 aromatic carbocycles. The predicted octanol–water partition coefficient (Wildman–Crippen LogP) is 3.31. The average molecular weight is 355 g/mol. The molecule has 0 aliphatic carbocycles. The number of aryl methyl sites for hydroxylation is 2. The molecule has 0 heterocycles. The lowest BCUT2D eigenvalue weighted by Gasteiger charge is -2.11. The fraction of sp³-hybridized carbons (Fsp3) is 0.500. The molecule has 0 saturated carbocycles. The molecule has 2 amide bonds. The molecule has 5 heteroatoms. The lowest BCUT2D eigenvalue weighted by Crippen LogP contribution is -2.33. The van der Waals surface area contributed by atoms with Gasteiger partial charge in [0.05, 0.1) is 4.83 Å². The minimum atomic E-state index is -0.176. The van der Waals surface area contributed by atoms with Gasteiger partial charge in [0.2, 0.25) is 11.8 Å². The maximum Gasteiger partial charge on any atom is 0.233 e. The molecule has 1 aromatic rings. The van der Waals surface area contributed by atoms with Crippen LogP contribution >= 0.6 is 15.9 Å². The molecule has 0 saturated heterocycles. The van der Waals surface area contributed by atoms with Crippen molar-refractivity contribution < 1.29 is 9.59 Å². The Morgan fingerprint density at radius 3 is 2.62 bits per heavy atom. The summed E-state index contributed by atoms with van der Waals surface area (Å²) in [5.74, 6) is -0.153. The van der Waals surface area contributed by atoms with Gasteiger partial charge in [0.15, 0.2) is 0 Å². The van der Waals surface area contributed by atoms with Crippen LogP contribution in [0.3, 0.4) is 0 Å². The van der Waals surface area contributed by atoms with Crippen molar-refractivity contribution in [3.05, 3.63) is 29.3 Å². The third-order valence-corrected chi connectivity index (χ3v) is 4.01. The molecule has 1 atom stereocenters. The van der Waals surface area contributed by atoms with Gasteiger partial charge in [-0.2, -0.15) is 0 Å². The zero-order chi connectivity index (χ0) is 15.8. The lowest BCUT2D eigenvalue weighted by molar-refractivity contribution is -0.120. The number of carbonyl (C=O) groups excluding carboxylic acids is 2. The first-order valence-electron chi connectivity index (χ1n) is 7.23. The molecule has 0 spiro atoms. The molecular weight excluding hydrogens is 332 g/mol. The number of carbonyl (C=O) groups is 2. The summed E-state index contributed by atoms with van der Waals surface area (Å²) in [5, 5.41) is 5.62. The monoisotopic (exact) mass is 354 g/mol. The molecule has 0 bridgehead atoms. The third kappa shape index (κ3) is 6.29. The Labute approximate surface area is 134 Å². The van der Waals surface area contributed by atoms with Crippen LogP contribution in [0.2, 0.25) is 0 Å². The summed E-state index contributed by atoms with van der Waals surface area (Å²) in [6.07, 6.45) is 2.00. The van der Waals surface area contributed by atoms with Crippen LogP contribution in [0.25, 0.3) is 0 Å². The van der Waals surface area contributed by atoms with E-state index in [1.165, 1.54) is 0 Å². The van der Waals surface area contributed by atoms with Gasteiger partial charge in [0.1, 0.15) is 0 Å². The third-order valence-electron chi connectivity index (χ3n) is 3.13. The topological polar surface area (TPSA) is 58.2 Å². The van der Waals surface area contributed by atoms with Crippen LogP contribution in [0.1, 0.15) is 37.3 Å². The van der Waals surface area contributed by atoms with Gasteiger partial charge in [-0.3, -0.25) is 9.59 Å². The Kier molecular flexibility index (Phi) is 7.43. The molecule has 0 aliphatic rings. The van der Waals surface area contributed by atoms with Crippen LogP contribution in [0.15, 0.2) is 18.2 Å². The molecular formula is C16H23BrN2O2. The Balaban J connectivity index is 2.36. The number of hydrogen-bond donors (Lipinski definition) is 2. The highest BCUT2D eigenvalue weighted by atomic mass is 79.9. The van der Waals surface area contributed by atoms with Gasteiger partial charge in [-0.25, -0.2) is 0 Å². The first-order chi connectivity index (χ1) is 9.93. The van der Waals surface area contributed by atoms with E-state index in [1.54, 1.807) is 0 Å². The highest BCUT2D eigenvalue weighted by molar-refractivity contribution is 9.10. The first-order valence-corrected chi connectivity index (χ1v) is 8.14. The zero-order valence-corrected chi connectivity index (χ0v) is 14.4. The normalized spacial score (nSPS) is 11.8. The van der Waals surface area contributed by atoms with Crippen LogP contribution in [-0.2, 0) is 9.59 Å². The standard InChI is InChI=1S/C16H23BrN2O2/c1-4-5-13(17)16(21)18-9-8-15(20)19-14-7-6-11(2)10-12(14)3/h6-7,10,13H,4-5,8-9H2,1-3H3,(H,18,21)(H,19,20)/t13-/m1/s1. The number of halogens is 1. The molecule has 0 aliphatic heterocycles. The van der Waals surface area contributed by atoms with Gasteiger partial charge >= 0.3 is 0 Å². The number of amides is 2. The predicted molar refractivity (Wildman–Crippen MR) is 89.8 cm³/mol. The molecule has 0 unspecified atom stereocenters. The number of nitrogens with one attached hydrogen (secondary N) is 2. The largest absolute Gasteiger partial charge is 0.355 e. The van der Waals surface area contributed by atoms with E-state index < -0.39 is 0 Å². The van der Waals surface area contributed by atoms with Crippen molar-refractivity contribution in [2.24, 2.45) is 0 Å². The summed E-state index contributed by atoms with van der Waals surface area (Å²) in [5.41, 5.74) is 3.02. The summed E-state index contributed by atoms with van der Waals surface area (Å²) in [6, 6.07) is 5.89. The highest BCUT2D eigenvalue weighted by Crippen LogP contribution is 2.16. The van der Waals surface area contributed by atoms with Gasteiger partial charge < -0.3 is 10.6 Å². The van der Waals surface area contributed by atoms with E-state index in [0.717, 1.165) is 29.7 Å². The SMILES string of the molecule is CCC[C@@H](Br)C(=O)NCCC(=O)Nc1ccc(C)cc1C. The minimum Gasteiger partial charge on any atom is -0.355 e. The quantitative estimate of drug-likeness (QED) is 0.738. The fourth-order valence-electron chi connectivity index (χ4n) is 1.96. The molecule has 1 rings (SSSR count). The van der Waals surface area contributed by atoms with E-state index in [4.69, 9.17) is 0 Å². The van der Waals surface area contributed by atoms with Crippen molar-refractivity contribution in [1.29, 1.82) is 0 Å². The van der Waals surface area contributed by atoms with Gasteiger partial charge in [-0.05, 0) is 31.9 Å². The molecule has 2 N–H and O–H groups in total. The highest BCUT2D eigenvalue weighted by Gasteiger charge is 2.13. The second-order valence-corrected chi connectivity index (χ2v) is 6.27. The average Bonchev–Trinajstić information content (AvgIpc) is 2.42. The Hall–Kier alpha value is -1.36. The number of anilines is 1. The number of alkyl halides is 1. The van der Waals surface area contributed by atoms with E-state index >= 15 is 0 Å². The van der Waals surface area contributed by atoms with E-state index in [0.29, 0.717) is 6.54 Å². The molecule has 0 aromatic heterocycles. The van der Waals surface area contributed by atoms with E-state index in [2.05, 4.69) is 26.6 Å². The van der Waals surface area contributed by atoms with Crippen molar-refractivity contribution in [3.8, 4) is 0 Å². The maximum absolute atomic E-state index is 11.9. The Morgan fingerprint density at radius 2 is 2.00 bits per heavy atom. The van der Waals surface area contributed by atoms with Crippen LogP contribution in [-0.4, -0.2) is 23.2 Å². The maximum atomic E-state index is 11.9. The van der Waals surface area contributed by atoms with Crippen molar-refractivity contribution in [1.82, 2.24) is 5.32 Å². The van der Waals surface area contributed by atoms with Gasteiger partial charge in [0.25, 0.3) is 0 Å². The van der Waals surface area contributed by atoms with E-state index in [-0.39, 0.29) is 23.1 Å². The zero-order valence-electron chi connectivity index (χ0n) is 12.8. The molecule has 0 radical (unpaired) electrons. The Bertz CT molecular complexity index is 503. The van der Waals surface area contributed by atoms with Gasteiger partial charge in [-0.15, -0.1) is 0 Å². The summed E-state index contributed by atoms with van der Waals surface area (Å²) >= 11 is 3.33. The molecule has 4 nitrogen and oxygen atoms in total. The van der Waals surface area contributed by atoms with Crippen molar-refractivity contribution in [2.75, 3.05) is 11.9 Å². The van der Waals surface area contributed by atoms with Crippen molar-refractivity contribution >= 4 is 33.4 Å². The van der Waals surface area contributed by atoms with Crippen LogP contribution in [0.5, 0.6) is 0 Å². The second-order valence-electron chi connectivity index (χ2n) is 5.16. The number of benzene rings is 1. The summed E-state index contributed by atoms with van der Waals surface area (Å²) in [4.78, 5) is 23.4. The van der Waals surface area contributed by atoms with Gasteiger partial charge in [0, 0.05) is 18.7 Å². The second kappa shape index (κ2) is 8.82. The number of hydrogen-bond acceptors (Lipinski definition) is 2. The van der Waals surface area contributed by atoms with Gasteiger partial charge in [-0.1, -0.05) is 47.0 Å². The van der Waals surface area contributed by atoms with Crippen LogP contribution < -0.4 is 10.6 Å². The molecule has 0 fully saturated rings. The Morgan fingerprint density at radius 1 is 1.29 bits per heavy atom. The van der Waals surface area contributed by atoms with Crippen molar-refractivity contribution in [3.63, 3.8) is 0 Å². The van der Waals surface area contributed by atoms with Crippen LogP contribution in [0.4, 0.5) is 5.69 Å².